The van der Waals surface area contributed by atoms with Crippen molar-refractivity contribution in [3.05, 3.63) is 59.7 Å². The van der Waals surface area contributed by atoms with Gasteiger partial charge < -0.3 is 9.47 Å². The highest BCUT2D eigenvalue weighted by molar-refractivity contribution is 5.83. The van der Waals surface area contributed by atoms with E-state index in [0.29, 0.717) is 18.1 Å². The molecule has 2 aliphatic rings. The van der Waals surface area contributed by atoms with Crippen molar-refractivity contribution in [2.75, 3.05) is 7.11 Å². The van der Waals surface area contributed by atoms with E-state index in [1.807, 2.05) is 6.07 Å². The fraction of sp³-hybridized carbons (Fsp3) is 0.476. The SMILES string of the molecule is COC(=O)C=C1C=CC2(CC1)CCC(OCc1ccccc1)CC2. The van der Waals surface area contributed by atoms with Crippen molar-refractivity contribution in [3.63, 3.8) is 0 Å². The van der Waals surface area contributed by atoms with Gasteiger partial charge in [0.1, 0.15) is 0 Å². The van der Waals surface area contributed by atoms with Crippen LogP contribution in [0.3, 0.4) is 0 Å². The molecule has 0 aromatic heterocycles. The predicted octanol–water partition coefficient (Wildman–Crippen LogP) is 4.58. The van der Waals surface area contributed by atoms with Crippen LogP contribution in [-0.4, -0.2) is 19.2 Å². The van der Waals surface area contributed by atoms with Gasteiger partial charge in [-0.3, -0.25) is 0 Å². The van der Waals surface area contributed by atoms with Gasteiger partial charge in [-0.15, -0.1) is 0 Å². The molecule has 0 radical (unpaired) electrons. The number of rotatable bonds is 4. The number of benzene rings is 1. The molecule has 3 nitrogen and oxygen atoms in total. The van der Waals surface area contributed by atoms with Crippen LogP contribution in [0.4, 0.5) is 0 Å². The monoisotopic (exact) mass is 326 g/mol. The second-order valence-electron chi connectivity index (χ2n) is 6.93. The van der Waals surface area contributed by atoms with Crippen molar-refractivity contribution < 1.29 is 14.3 Å². The van der Waals surface area contributed by atoms with Gasteiger partial charge in [0.15, 0.2) is 0 Å². The number of allylic oxidation sites excluding steroid dienone is 3. The summed E-state index contributed by atoms with van der Waals surface area (Å²) in [5, 5.41) is 0. The highest BCUT2D eigenvalue weighted by atomic mass is 16.5. The Labute approximate surface area is 144 Å². The minimum absolute atomic E-state index is 0.261. The summed E-state index contributed by atoms with van der Waals surface area (Å²) in [5.74, 6) is -0.261. The van der Waals surface area contributed by atoms with Crippen LogP contribution in [0.15, 0.2) is 54.1 Å². The van der Waals surface area contributed by atoms with Gasteiger partial charge in [-0.2, -0.15) is 0 Å². The minimum Gasteiger partial charge on any atom is -0.466 e. The first-order chi connectivity index (χ1) is 11.7. The molecule has 128 valence electrons. The summed E-state index contributed by atoms with van der Waals surface area (Å²) in [5.41, 5.74) is 2.63. The van der Waals surface area contributed by atoms with Crippen LogP contribution in [0, 0.1) is 5.41 Å². The summed E-state index contributed by atoms with van der Waals surface area (Å²) in [6, 6.07) is 10.4. The van der Waals surface area contributed by atoms with Crippen LogP contribution >= 0.6 is 0 Å². The van der Waals surface area contributed by atoms with Crippen LogP contribution in [-0.2, 0) is 20.9 Å². The predicted molar refractivity (Wildman–Crippen MR) is 94.4 cm³/mol. The third kappa shape index (κ3) is 4.35. The summed E-state index contributed by atoms with van der Waals surface area (Å²) in [4.78, 5) is 11.3. The Balaban J connectivity index is 1.49. The van der Waals surface area contributed by atoms with Gasteiger partial charge in [-0.25, -0.2) is 4.79 Å². The molecule has 0 bridgehead atoms. The molecule has 1 aromatic carbocycles. The molecule has 1 spiro atoms. The van der Waals surface area contributed by atoms with Crippen LogP contribution in [0.25, 0.3) is 0 Å². The Morgan fingerprint density at radius 2 is 1.96 bits per heavy atom. The molecule has 1 aromatic rings. The Hall–Kier alpha value is -1.87. The van der Waals surface area contributed by atoms with Gasteiger partial charge in [0.05, 0.1) is 19.8 Å². The van der Waals surface area contributed by atoms with E-state index in [4.69, 9.17) is 9.47 Å². The fourth-order valence-electron chi connectivity index (χ4n) is 3.71. The molecule has 0 saturated heterocycles. The van der Waals surface area contributed by atoms with Crippen LogP contribution in [0.2, 0.25) is 0 Å². The summed E-state index contributed by atoms with van der Waals surface area (Å²) < 4.78 is 10.8. The molecular formula is C21H26O3. The number of ether oxygens (including phenoxy) is 2. The van der Waals surface area contributed by atoms with E-state index in [9.17, 15) is 4.79 Å². The van der Waals surface area contributed by atoms with E-state index in [1.54, 1.807) is 6.08 Å². The highest BCUT2D eigenvalue weighted by Gasteiger charge is 2.34. The first-order valence-corrected chi connectivity index (χ1v) is 8.82. The summed E-state index contributed by atoms with van der Waals surface area (Å²) in [6.45, 7) is 0.709. The van der Waals surface area contributed by atoms with Gasteiger partial charge in [0.2, 0.25) is 0 Å². The first-order valence-electron chi connectivity index (χ1n) is 8.82. The first kappa shape index (κ1) is 17.0. The zero-order valence-corrected chi connectivity index (χ0v) is 14.4. The summed E-state index contributed by atoms with van der Waals surface area (Å²) in [6.07, 6.45) is 13.1. The third-order valence-electron chi connectivity index (χ3n) is 5.32. The Kier molecular flexibility index (Phi) is 5.52. The molecule has 1 saturated carbocycles. The second kappa shape index (κ2) is 7.80. The Morgan fingerprint density at radius 1 is 1.21 bits per heavy atom. The molecule has 2 aliphatic carbocycles. The molecule has 3 heteroatoms. The topological polar surface area (TPSA) is 35.5 Å². The highest BCUT2D eigenvalue weighted by Crippen LogP contribution is 2.45. The van der Waals surface area contributed by atoms with E-state index in [-0.39, 0.29) is 5.97 Å². The molecule has 0 amide bonds. The Bertz CT molecular complexity index is 607. The lowest BCUT2D eigenvalue weighted by atomic mass is 9.67. The summed E-state index contributed by atoms with van der Waals surface area (Å²) in [7, 11) is 1.42. The number of esters is 1. The van der Waals surface area contributed by atoms with Gasteiger partial charge in [-0.1, -0.05) is 42.5 Å². The van der Waals surface area contributed by atoms with Crippen molar-refractivity contribution in [2.24, 2.45) is 5.41 Å². The van der Waals surface area contributed by atoms with Gasteiger partial charge >= 0.3 is 5.97 Å². The molecule has 0 atom stereocenters. The maximum Gasteiger partial charge on any atom is 0.330 e. The van der Waals surface area contributed by atoms with Gasteiger partial charge in [0, 0.05) is 6.08 Å². The maximum absolute atomic E-state index is 11.3. The van der Waals surface area contributed by atoms with Crippen LogP contribution < -0.4 is 0 Å². The average Bonchev–Trinajstić information content (AvgIpc) is 2.64. The van der Waals surface area contributed by atoms with E-state index in [0.717, 1.165) is 31.3 Å². The average molecular weight is 326 g/mol. The molecule has 0 heterocycles. The number of hydrogen-bond donors (Lipinski definition) is 0. The number of methoxy groups -OCH3 is 1. The molecule has 24 heavy (non-hydrogen) atoms. The molecule has 1 fully saturated rings. The van der Waals surface area contributed by atoms with Crippen molar-refractivity contribution in [1.82, 2.24) is 0 Å². The summed E-state index contributed by atoms with van der Waals surface area (Å²) >= 11 is 0. The van der Waals surface area contributed by atoms with Gasteiger partial charge in [-0.05, 0) is 55.1 Å². The molecule has 0 aliphatic heterocycles. The Morgan fingerprint density at radius 3 is 2.58 bits per heavy atom. The minimum atomic E-state index is -0.261. The van der Waals surface area contributed by atoms with Crippen molar-refractivity contribution in [1.29, 1.82) is 0 Å². The number of hydrogen-bond acceptors (Lipinski definition) is 3. The van der Waals surface area contributed by atoms with Crippen molar-refractivity contribution in [3.8, 4) is 0 Å². The molecule has 0 unspecified atom stereocenters. The maximum atomic E-state index is 11.3. The lowest BCUT2D eigenvalue weighted by Crippen LogP contribution is -2.31. The van der Waals surface area contributed by atoms with Crippen molar-refractivity contribution >= 4 is 5.97 Å². The quantitative estimate of drug-likeness (QED) is 0.600. The molecule has 3 rings (SSSR count). The van der Waals surface area contributed by atoms with E-state index in [1.165, 1.54) is 25.5 Å². The standard InChI is InChI=1S/C21H26O3/c1-23-20(22)15-17-7-11-21(12-8-17)13-9-19(10-14-21)24-16-18-5-3-2-4-6-18/h2-7,11,15,19H,8-10,12-14,16H2,1H3. The number of carbonyl (C=O) groups is 1. The zero-order chi connectivity index (χ0) is 16.8. The lowest BCUT2D eigenvalue weighted by Gasteiger charge is -2.40. The lowest BCUT2D eigenvalue weighted by molar-refractivity contribution is -0.134. The smallest absolute Gasteiger partial charge is 0.330 e. The van der Waals surface area contributed by atoms with Crippen molar-refractivity contribution in [2.45, 2.75) is 51.2 Å². The fourth-order valence-corrected chi connectivity index (χ4v) is 3.71. The largest absolute Gasteiger partial charge is 0.466 e. The van der Waals surface area contributed by atoms with E-state index >= 15 is 0 Å². The molecular weight excluding hydrogens is 300 g/mol. The van der Waals surface area contributed by atoms with E-state index < -0.39 is 0 Å². The molecule has 0 N–H and O–H groups in total. The van der Waals surface area contributed by atoms with E-state index in [2.05, 4.69) is 36.4 Å². The zero-order valence-electron chi connectivity index (χ0n) is 14.4. The normalized spacial score (nSPS) is 28.2. The van der Waals surface area contributed by atoms with Crippen LogP contribution in [0.1, 0.15) is 44.1 Å². The second-order valence-corrected chi connectivity index (χ2v) is 6.93. The third-order valence-corrected chi connectivity index (χ3v) is 5.32. The van der Waals surface area contributed by atoms with Crippen LogP contribution in [0.5, 0.6) is 0 Å². The van der Waals surface area contributed by atoms with Gasteiger partial charge in [0.25, 0.3) is 0 Å². The number of carbonyl (C=O) groups excluding carboxylic acids is 1.